The van der Waals surface area contributed by atoms with Gasteiger partial charge < -0.3 is 9.47 Å². The lowest BCUT2D eigenvalue weighted by Gasteiger charge is -2.44. The van der Waals surface area contributed by atoms with Crippen LogP contribution in [0.5, 0.6) is 0 Å². The lowest BCUT2D eigenvalue weighted by Crippen LogP contribution is -2.52. The van der Waals surface area contributed by atoms with E-state index in [4.69, 9.17) is 9.47 Å². The largest absolute Gasteiger partial charge is 0.347 e. The van der Waals surface area contributed by atoms with Crippen molar-refractivity contribution in [3.63, 3.8) is 0 Å². The summed E-state index contributed by atoms with van der Waals surface area (Å²) in [5, 5.41) is 0. The average Bonchev–Trinajstić information content (AvgIpc) is 2.44. The van der Waals surface area contributed by atoms with Gasteiger partial charge >= 0.3 is 0 Å². The van der Waals surface area contributed by atoms with Crippen LogP contribution < -0.4 is 0 Å². The summed E-state index contributed by atoms with van der Waals surface area (Å²) in [6.45, 7) is 9.35. The maximum Gasteiger partial charge on any atom is 0.180 e. The van der Waals surface area contributed by atoms with Crippen molar-refractivity contribution >= 4 is 9.84 Å². The zero-order valence-electron chi connectivity index (χ0n) is 13.4. The molecule has 1 aliphatic rings. The molecule has 1 fully saturated rings. The van der Waals surface area contributed by atoms with Crippen molar-refractivity contribution in [3.8, 4) is 0 Å². The number of sulfone groups is 1. The molecule has 1 saturated heterocycles. The Morgan fingerprint density at radius 3 is 2.36 bits per heavy atom. The molecular weight excluding hydrogens is 300 g/mol. The van der Waals surface area contributed by atoms with Gasteiger partial charge in [0.1, 0.15) is 0 Å². The highest BCUT2D eigenvalue weighted by Gasteiger charge is 2.42. The standard InChI is InChI=1S/C17H24O4S/c1-5-9-15-13(2)16(21-17(3,4)20-15)12-22(18,19)14-10-7-6-8-11-14/h5-8,10-11,13,15-16H,1,9,12H2,2-4H3/t13-,15+,16-/m1/s1. The molecule has 0 unspecified atom stereocenters. The highest BCUT2D eigenvalue weighted by Crippen LogP contribution is 2.34. The molecule has 22 heavy (non-hydrogen) atoms. The first-order chi connectivity index (χ1) is 10.2. The minimum Gasteiger partial charge on any atom is -0.347 e. The third-order valence-electron chi connectivity index (χ3n) is 3.93. The van der Waals surface area contributed by atoms with Crippen LogP contribution in [0.3, 0.4) is 0 Å². The zero-order chi connectivity index (χ0) is 16.4. The summed E-state index contributed by atoms with van der Waals surface area (Å²) in [4.78, 5) is 0.329. The maximum atomic E-state index is 12.6. The molecule has 0 radical (unpaired) electrons. The molecule has 1 heterocycles. The molecule has 0 aliphatic carbocycles. The molecule has 0 saturated carbocycles. The van der Waals surface area contributed by atoms with Gasteiger partial charge in [-0.1, -0.05) is 31.2 Å². The molecular formula is C17H24O4S. The highest BCUT2D eigenvalue weighted by atomic mass is 32.2. The predicted molar refractivity (Wildman–Crippen MR) is 86.3 cm³/mol. The van der Waals surface area contributed by atoms with Crippen LogP contribution in [0, 0.1) is 5.92 Å². The van der Waals surface area contributed by atoms with Gasteiger partial charge in [0.2, 0.25) is 0 Å². The van der Waals surface area contributed by atoms with E-state index >= 15 is 0 Å². The predicted octanol–water partition coefficient (Wildman–Crippen LogP) is 3.19. The molecule has 2 rings (SSSR count). The van der Waals surface area contributed by atoms with Gasteiger partial charge in [-0.2, -0.15) is 0 Å². The third kappa shape index (κ3) is 3.97. The van der Waals surface area contributed by atoms with Crippen molar-refractivity contribution in [1.82, 2.24) is 0 Å². The fourth-order valence-electron chi connectivity index (χ4n) is 2.76. The summed E-state index contributed by atoms with van der Waals surface area (Å²) in [5.41, 5.74) is 0. The smallest absolute Gasteiger partial charge is 0.180 e. The van der Waals surface area contributed by atoms with Gasteiger partial charge in [0.05, 0.1) is 22.9 Å². The molecule has 4 nitrogen and oxygen atoms in total. The van der Waals surface area contributed by atoms with E-state index in [9.17, 15) is 8.42 Å². The molecule has 1 aromatic carbocycles. The van der Waals surface area contributed by atoms with Gasteiger partial charge in [-0.3, -0.25) is 0 Å². The zero-order valence-corrected chi connectivity index (χ0v) is 14.2. The average molecular weight is 324 g/mol. The van der Waals surface area contributed by atoms with Crippen LogP contribution in [-0.2, 0) is 19.3 Å². The molecule has 0 amide bonds. The maximum absolute atomic E-state index is 12.6. The van der Waals surface area contributed by atoms with Crippen molar-refractivity contribution in [3.05, 3.63) is 43.0 Å². The van der Waals surface area contributed by atoms with Gasteiger partial charge in [0.25, 0.3) is 0 Å². The quantitative estimate of drug-likeness (QED) is 0.781. The first kappa shape index (κ1) is 17.2. The van der Waals surface area contributed by atoms with Crippen molar-refractivity contribution in [2.45, 2.75) is 50.1 Å². The molecule has 0 spiro atoms. The summed E-state index contributed by atoms with van der Waals surface area (Å²) in [6, 6.07) is 8.49. The van der Waals surface area contributed by atoms with Gasteiger partial charge in [-0.25, -0.2) is 8.42 Å². The molecule has 0 aromatic heterocycles. The second-order valence-electron chi connectivity index (χ2n) is 6.19. The lowest BCUT2D eigenvalue weighted by molar-refractivity contribution is -0.313. The van der Waals surface area contributed by atoms with E-state index < -0.39 is 21.7 Å². The van der Waals surface area contributed by atoms with Gasteiger partial charge in [0.15, 0.2) is 15.6 Å². The van der Waals surface area contributed by atoms with Crippen LogP contribution >= 0.6 is 0 Å². The van der Waals surface area contributed by atoms with E-state index in [2.05, 4.69) is 6.58 Å². The number of rotatable bonds is 5. The molecule has 122 valence electrons. The van der Waals surface area contributed by atoms with Crippen LogP contribution in [0.25, 0.3) is 0 Å². The van der Waals surface area contributed by atoms with Crippen molar-refractivity contribution in [1.29, 1.82) is 0 Å². The van der Waals surface area contributed by atoms with Crippen LogP contribution in [0.2, 0.25) is 0 Å². The van der Waals surface area contributed by atoms with Crippen LogP contribution in [-0.4, -0.2) is 32.2 Å². The second-order valence-corrected chi connectivity index (χ2v) is 8.22. The summed E-state index contributed by atoms with van der Waals surface area (Å²) >= 11 is 0. The first-order valence-electron chi connectivity index (χ1n) is 7.49. The van der Waals surface area contributed by atoms with E-state index in [0.29, 0.717) is 11.3 Å². The SMILES string of the molecule is C=CC[C@@H]1OC(C)(C)O[C@H](CS(=O)(=O)c2ccccc2)[C@@H]1C. The number of benzene rings is 1. The Kier molecular flexibility index (Phi) is 5.10. The lowest BCUT2D eigenvalue weighted by atomic mass is 9.94. The van der Waals surface area contributed by atoms with E-state index in [-0.39, 0.29) is 17.8 Å². The Labute approximate surface area is 133 Å². The van der Waals surface area contributed by atoms with Gasteiger partial charge in [-0.05, 0) is 32.4 Å². The van der Waals surface area contributed by atoms with E-state index in [1.54, 1.807) is 36.4 Å². The summed E-state index contributed by atoms with van der Waals surface area (Å²) in [6.07, 6.45) is 1.98. The highest BCUT2D eigenvalue weighted by molar-refractivity contribution is 7.91. The van der Waals surface area contributed by atoms with Crippen LogP contribution in [0.15, 0.2) is 47.9 Å². The summed E-state index contributed by atoms with van der Waals surface area (Å²) < 4.78 is 36.9. The molecule has 5 heteroatoms. The molecule has 1 aliphatic heterocycles. The summed E-state index contributed by atoms with van der Waals surface area (Å²) in [7, 11) is -3.39. The Hall–Kier alpha value is -1.17. The minimum atomic E-state index is -3.39. The van der Waals surface area contributed by atoms with Crippen molar-refractivity contribution in [2.24, 2.45) is 5.92 Å². The monoisotopic (exact) mass is 324 g/mol. The Morgan fingerprint density at radius 2 is 1.77 bits per heavy atom. The Balaban J connectivity index is 2.21. The fraction of sp³-hybridized carbons (Fsp3) is 0.529. The Bertz CT molecular complexity index is 607. The topological polar surface area (TPSA) is 52.6 Å². The van der Waals surface area contributed by atoms with Crippen LogP contribution in [0.4, 0.5) is 0 Å². The molecule has 3 atom stereocenters. The normalized spacial score (nSPS) is 28.2. The molecule has 0 bridgehead atoms. The number of ether oxygens (including phenoxy) is 2. The third-order valence-corrected chi connectivity index (χ3v) is 5.69. The molecule has 0 N–H and O–H groups in total. The van der Waals surface area contributed by atoms with E-state index in [1.807, 2.05) is 20.8 Å². The van der Waals surface area contributed by atoms with E-state index in [1.165, 1.54) is 0 Å². The fourth-order valence-corrected chi connectivity index (χ4v) is 4.33. The van der Waals surface area contributed by atoms with Crippen LogP contribution in [0.1, 0.15) is 27.2 Å². The number of hydrogen-bond acceptors (Lipinski definition) is 4. The second kappa shape index (κ2) is 6.52. The van der Waals surface area contributed by atoms with E-state index in [0.717, 1.165) is 0 Å². The number of hydrogen-bond donors (Lipinski definition) is 0. The molecule has 1 aromatic rings. The minimum absolute atomic E-state index is 0.0236. The first-order valence-corrected chi connectivity index (χ1v) is 9.15. The van der Waals surface area contributed by atoms with Gasteiger partial charge in [-0.15, -0.1) is 6.58 Å². The van der Waals surface area contributed by atoms with Crippen molar-refractivity contribution in [2.75, 3.05) is 5.75 Å². The van der Waals surface area contributed by atoms with Crippen molar-refractivity contribution < 1.29 is 17.9 Å². The summed E-state index contributed by atoms with van der Waals surface area (Å²) in [5.74, 6) is -0.861. The Morgan fingerprint density at radius 1 is 1.18 bits per heavy atom. The van der Waals surface area contributed by atoms with Gasteiger partial charge in [0, 0.05) is 5.92 Å².